The van der Waals surface area contributed by atoms with Gasteiger partial charge in [-0.2, -0.15) is 0 Å². The number of ether oxygens (including phenoxy) is 1. The third-order valence-corrected chi connectivity index (χ3v) is 2.78. The lowest BCUT2D eigenvalue weighted by Gasteiger charge is -2.23. The molecule has 0 saturated heterocycles. The van der Waals surface area contributed by atoms with Crippen LogP contribution in [0.4, 0.5) is 0 Å². The van der Waals surface area contributed by atoms with Crippen molar-refractivity contribution in [2.45, 2.75) is 52.6 Å². The highest BCUT2D eigenvalue weighted by molar-refractivity contribution is 5.37. The first kappa shape index (κ1) is 14.0. The largest absolute Gasteiger partial charge is 0.488 e. The lowest BCUT2D eigenvalue weighted by Crippen LogP contribution is -2.23. The molecule has 0 aliphatic heterocycles. The normalized spacial score (nSPS) is 13.5. The molecule has 0 aliphatic rings. The van der Waals surface area contributed by atoms with Gasteiger partial charge < -0.3 is 10.5 Å². The van der Waals surface area contributed by atoms with Crippen molar-refractivity contribution in [3.63, 3.8) is 0 Å². The second-order valence-electron chi connectivity index (χ2n) is 5.72. The fraction of sp³-hybridized carbons (Fsp3) is 0.600. The monoisotopic (exact) mass is 235 g/mol. The predicted molar refractivity (Wildman–Crippen MR) is 73.6 cm³/mol. The minimum Gasteiger partial charge on any atom is -0.488 e. The Morgan fingerprint density at radius 2 is 1.94 bits per heavy atom. The van der Waals surface area contributed by atoms with E-state index in [-0.39, 0.29) is 5.60 Å². The Kier molecular flexibility index (Phi) is 4.58. The summed E-state index contributed by atoms with van der Waals surface area (Å²) in [6.07, 6.45) is 1.03. The minimum atomic E-state index is -0.144. The highest BCUT2D eigenvalue weighted by Gasteiger charge is 2.14. The second kappa shape index (κ2) is 5.54. The molecule has 0 saturated carbocycles. The van der Waals surface area contributed by atoms with Gasteiger partial charge in [0.25, 0.3) is 0 Å². The van der Waals surface area contributed by atoms with Crippen LogP contribution in [0.2, 0.25) is 0 Å². The van der Waals surface area contributed by atoms with Crippen LogP contribution >= 0.6 is 0 Å². The van der Waals surface area contributed by atoms with Crippen LogP contribution in [0.1, 0.15) is 51.2 Å². The third-order valence-electron chi connectivity index (χ3n) is 2.78. The molecule has 1 rings (SSSR count). The van der Waals surface area contributed by atoms with Crippen molar-refractivity contribution < 1.29 is 4.74 Å². The molecule has 1 atom stereocenters. The van der Waals surface area contributed by atoms with Crippen molar-refractivity contribution in [3.8, 4) is 5.75 Å². The number of aryl methyl sites for hydroxylation is 1. The molecule has 1 unspecified atom stereocenters. The zero-order valence-electron chi connectivity index (χ0n) is 11.7. The molecule has 1 aromatic carbocycles. The Bertz CT molecular complexity index is 366. The average molecular weight is 235 g/mol. The first-order chi connectivity index (χ1) is 7.83. The first-order valence-corrected chi connectivity index (χ1v) is 6.33. The fourth-order valence-electron chi connectivity index (χ4n) is 1.84. The zero-order chi connectivity index (χ0) is 13.1. The maximum absolute atomic E-state index is 5.90. The standard InChI is InChI=1S/C15H25NO/c1-11(8-9-16)13-6-7-14(12(2)10-13)17-15(3,4)5/h6-7,10-11H,8-9,16H2,1-5H3. The molecule has 0 bridgehead atoms. The van der Waals surface area contributed by atoms with Gasteiger partial charge in [0.2, 0.25) is 0 Å². The summed E-state index contributed by atoms with van der Waals surface area (Å²) in [6.45, 7) is 11.2. The summed E-state index contributed by atoms with van der Waals surface area (Å²) in [5, 5.41) is 0. The third kappa shape index (κ3) is 4.39. The molecule has 0 aliphatic carbocycles. The topological polar surface area (TPSA) is 35.2 Å². The molecular weight excluding hydrogens is 210 g/mol. The van der Waals surface area contributed by atoms with E-state index in [2.05, 4.69) is 52.8 Å². The van der Waals surface area contributed by atoms with Crippen LogP contribution in [0.5, 0.6) is 5.75 Å². The van der Waals surface area contributed by atoms with Crippen LogP contribution in [0.25, 0.3) is 0 Å². The Morgan fingerprint density at radius 1 is 1.29 bits per heavy atom. The molecule has 0 amide bonds. The van der Waals surface area contributed by atoms with Crippen LogP contribution < -0.4 is 10.5 Å². The number of hydrogen-bond donors (Lipinski definition) is 1. The maximum atomic E-state index is 5.90. The van der Waals surface area contributed by atoms with Crippen molar-refractivity contribution >= 4 is 0 Å². The summed E-state index contributed by atoms with van der Waals surface area (Å²) in [7, 11) is 0. The number of benzene rings is 1. The van der Waals surface area contributed by atoms with Gasteiger partial charge in [0.15, 0.2) is 0 Å². The molecule has 2 N–H and O–H groups in total. The van der Waals surface area contributed by atoms with E-state index in [9.17, 15) is 0 Å². The molecule has 17 heavy (non-hydrogen) atoms. The Hall–Kier alpha value is -1.02. The lowest BCUT2D eigenvalue weighted by atomic mass is 9.96. The van der Waals surface area contributed by atoms with Crippen molar-refractivity contribution in [2.24, 2.45) is 5.73 Å². The van der Waals surface area contributed by atoms with E-state index in [0.29, 0.717) is 5.92 Å². The predicted octanol–water partition coefficient (Wildman–Crippen LogP) is 3.62. The molecule has 0 spiro atoms. The molecular formula is C15H25NO. The summed E-state index contributed by atoms with van der Waals surface area (Å²) >= 11 is 0. The van der Waals surface area contributed by atoms with E-state index in [1.807, 2.05) is 0 Å². The van der Waals surface area contributed by atoms with Gasteiger partial charge >= 0.3 is 0 Å². The van der Waals surface area contributed by atoms with Crippen LogP contribution in [-0.4, -0.2) is 12.1 Å². The minimum absolute atomic E-state index is 0.144. The summed E-state index contributed by atoms with van der Waals surface area (Å²) in [6, 6.07) is 6.43. The molecule has 0 heterocycles. The molecule has 2 heteroatoms. The van der Waals surface area contributed by atoms with Crippen LogP contribution in [0.3, 0.4) is 0 Å². The van der Waals surface area contributed by atoms with E-state index in [0.717, 1.165) is 18.7 Å². The molecule has 96 valence electrons. The van der Waals surface area contributed by atoms with Gasteiger partial charge in [-0.05, 0) is 63.8 Å². The quantitative estimate of drug-likeness (QED) is 0.865. The zero-order valence-corrected chi connectivity index (χ0v) is 11.7. The molecule has 2 nitrogen and oxygen atoms in total. The highest BCUT2D eigenvalue weighted by Crippen LogP contribution is 2.27. The van der Waals surface area contributed by atoms with E-state index < -0.39 is 0 Å². The SMILES string of the molecule is Cc1cc(C(C)CCN)ccc1OC(C)(C)C. The van der Waals surface area contributed by atoms with Gasteiger partial charge in [0.1, 0.15) is 11.4 Å². The Balaban J connectivity index is 2.86. The van der Waals surface area contributed by atoms with Gasteiger partial charge in [-0.3, -0.25) is 0 Å². The molecule has 0 aromatic heterocycles. The van der Waals surface area contributed by atoms with E-state index in [1.165, 1.54) is 11.1 Å². The van der Waals surface area contributed by atoms with Gasteiger partial charge in [-0.1, -0.05) is 19.1 Å². The lowest BCUT2D eigenvalue weighted by molar-refractivity contribution is 0.130. The van der Waals surface area contributed by atoms with Crippen LogP contribution in [0.15, 0.2) is 18.2 Å². The van der Waals surface area contributed by atoms with Gasteiger partial charge in [0.05, 0.1) is 0 Å². The van der Waals surface area contributed by atoms with Crippen molar-refractivity contribution in [1.29, 1.82) is 0 Å². The first-order valence-electron chi connectivity index (χ1n) is 6.33. The fourth-order valence-corrected chi connectivity index (χ4v) is 1.84. The number of nitrogens with two attached hydrogens (primary N) is 1. The van der Waals surface area contributed by atoms with E-state index in [4.69, 9.17) is 10.5 Å². The summed E-state index contributed by atoms with van der Waals surface area (Å²) < 4.78 is 5.90. The van der Waals surface area contributed by atoms with E-state index in [1.54, 1.807) is 0 Å². The van der Waals surface area contributed by atoms with Gasteiger partial charge in [0, 0.05) is 0 Å². The summed E-state index contributed by atoms with van der Waals surface area (Å²) in [5.74, 6) is 1.49. The summed E-state index contributed by atoms with van der Waals surface area (Å²) in [4.78, 5) is 0. The number of hydrogen-bond acceptors (Lipinski definition) is 2. The Labute approximate surface area is 105 Å². The smallest absolute Gasteiger partial charge is 0.123 e. The maximum Gasteiger partial charge on any atom is 0.123 e. The van der Waals surface area contributed by atoms with Crippen molar-refractivity contribution in [2.75, 3.05) is 6.54 Å². The molecule has 0 radical (unpaired) electrons. The number of rotatable bonds is 4. The van der Waals surface area contributed by atoms with Crippen molar-refractivity contribution in [3.05, 3.63) is 29.3 Å². The van der Waals surface area contributed by atoms with Crippen molar-refractivity contribution in [1.82, 2.24) is 0 Å². The second-order valence-corrected chi connectivity index (χ2v) is 5.72. The molecule has 0 fully saturated rings. The van der Waals surface area contributed by atoms with Gasteiger partial charge in [-0.25, -0.2) is 0 Å². The van der Waals surface area contributed by atoms with Crippen LogP contribution in [-0.2, 0) is 0 Å². The van der Waals surface area contributed by atoms with Gasteiger partial charge in [-0.15, -0.1) is 0 Å². The summed E-state index contributed by atoms with van der Waals surface area (Å²) in [5.41, 5.74) is 7.99. The molecule has 1 aromatic rings. The average Bonchev–Trinajstić information content (AvgIpc) is 2.19. The van der Waals surface area contributed by atoms with E-state index >= 15 is 0 Å². The highest BCUT2D eigenvalue weighted by atomic mass is 16.5. The Morgan fingerprint density at radius 3 is 2.41 bits per heavy atom. The van der Waals surface area contributed by atoms with Crippen LogP contribution in [0, 0.1) is 6.92 Å².